The summed E-state index contributed by atoms with van der Waals surface area (Å²) < 4.78 is 93.9. The van der Waals surface area contributed by atoms with Crippen molar-refractivity contribution in [3.63, 3.8) is 0 Å². The number of hydrogen-bond donors (Lipinski definition) is 2. The fourth-order valence-corrected chi connectivity index (χ4v) is 7.14. The number of aromatic hydroxyl groups is 1. The number of esters is 1. The molecule has 288 valence electrons. The molecule has 0 radical (unpaired) electrons. The third-order valence-electron chi connectivity index (χ3n) is 9.26. The Morgan fingerprint density at radius 1 is 1.02 bits per heavy atom. The average molecular weight is 823 g/mol. The summed E-state index contributed by atoms with van der Waals surface area (Å²) in [6.45, 7) is 6.52. The first kappa shape index (κ1) is 40.6. The molecule has 2 atom stereocenters. The summed E-state index contributed by atoms with van der Waals surface area (Å²) in [5.74, 6) is -3.91. The first-order valence-corrected chi connectivity index (χ1v) is 17.9. The molecule has 0 aliphatic carbocycles. The van der Waals surface area contributed by atoms with E-state index < -0.39 is 76.6 Å². The van der Waals surface area contributed by atoms with Gasteiger partial charge in [0.05, 0.1) is 24.6 Å². The zero-order chi connectivity index (χ0) is 39.6. The lowest BCUT2D eigenvalue weighted by molar-refractivity contribution is -0.144. The molecule has 8 nitrogen and oxygen atoms in total. The van der Waals surface area contributed by atoms with E-state index in [0.717, 1.165) is 17.8 Å². The predicted molar refractivity (Wildman–Crippen MR) is 193 cm³/mol. The van der Waals surface area contributed by atoms with Gasteiger partial charge >= 0.3 is 12.1 Å². The number of nitrogens with zero attached hydrogens (tertiary/aromatic N) is 2. The number of amides is 1. The van der Waals surface area contributed by atoms with E-state index in [1.807, 2.05) is 0 Å². The topological polar surface area (TPSA) is 101 Å². The third kappa shape index (κ3) is 9.00. The summed E-state index contributed by atoms with van der Waals surface area (Å²) in [5.41, 5.74) is -1.37. The smallest absolute Gasteiger partial charge is 0.416 e. The van der Waals surface area contributed by atoms with Crippen LogP contribution in [0.15, 0.2) is 64.0 Å². The Labute approximate surface area is 315 Å². The van der Waals surface area contributed by atoms with Crippen LogP contribution in [0.4, 0.5) is 26.3 Å². The van der Waals surface area contributed by atoms with Crippen LogP contribution in [-0.2, 0) is 26.9 Å². The molecule has 0 spiro atoms. The van der Waals surface area contributed by atoms with E-state index >= 15 is 8.78 Å². The molecule has 54 heavy (non-hydrogen) atoms. The largest absolute Gasteiger partial charge is 0.507 e. The molecule has 1 fully saturated rings. The van der Waals surface area contributed by atoms with Crippen LogP contribution in [0, 0.1) is 32.4 Å². The fraction of sp³-hybridized carbons (Fsp3) is 0.359. The number of likely N-dealkylation sites (tertiary alicyclic amines) is 1. The Kier molecular flexibility index (Phi) is 12.3. The fourth-order valence-electron chi connectivity index (χ4n) is 6.76. The normalized spacial score (nSPS) is 14.7. The van der Waals surface area contributed by atoms with Gasteiger partial charge < -0.3 is 15.2 Å². The molecule has 1 aliphatic rings. The van der Waals surface area contributed by atoms with E-state index in [-0.39, 0.29) is 54.0 Å². The van der Waals surface area contributed by atoms with Crippen molar-refractivity contribution < 1.29 is 45.8 Å². The Hall–Kier alpha value is -4.63. The summed E-state index contributed by atoms with van der Waals surface area (Å²) in [7, 11) is 0. The molecule has 5 rings (SSSR count). The summed E-state index contributed by atoms with van der Waals surface area (Å²) >= 11 is 3.22. The Balaban J connectivity index is 1.66. The number of rotatable bonds is 12. The second kappa shape index (κ2) is 16.4. The number of phenolic OH excluding ortho intramolecular Hbond substituents is 1. The quantitative estimate of drug-likeness (QED) is 0.112. The van der Waals surface area contributed by atoms with Crippen molar-refractivity contribution in [2.45, 2.75) is 65.0 Å². The molecule has 0 bridgehead atoms. The van der Waals surface area contributed by atoms with Crippen molar-refractivity contribution in [3.8, 4) is 16.9 Å². The van der Waals surface area contributed by atoms with E-state index in [1.165, 1.54) is 37.3 Å². The molecule has 1 unspecified atom stereocenters. The highest BCUT2D eigenvalue weighted by Gasteiger charge is 2.37. The number of hydrogen-bond acceptors (Lipinski definition) is 6. The van der Waals surface area contributed by atoms with Crippen molar-refractivity contribution in [1.29, 1.82) is 0 Å². The number of carbonyl (C=O) groups excluding carboxylic acids is 2. The van der Waals surface area contributed by atoms with Crippen LogP contribution < -0.4 is 10.9 Å². The summed E-state index contributed by atoms with van der Waals surface area (Å²) in [6, 6.07) is 6.49. The molecule has 0 saturated carbocycles. The molecule has 1 saturated heterocycles. The van der Waals surface area contributed by atoms with E-state index in [0.29, 0.717) is 27.3 Å². The number of phenols is 1. The van der Waals surface area contributed by atoms with Gasteiger partial charge in [0.25, 0.3) is 5.56 Å². The zero-order valence-electron chi connectivity index (χ0n) is 29.8. The van der Waals surface area contributed by atoms with Gasteiger partial charge in [-0.2, -0.15) is 13.2 Å². The second-order valence-corrected chi connectivity index (χ2v) is 14.3. The van der Waals surface area contributed by atoms with Crippen molar-refractivity contribution in [1.82, 2.24) is 14.8 Å². The molecule has 2 N–H and O–H groups in total. The van der Waals surface area contributed by atoms with E-state index in [4.69, 9.17) is 4.74 Å². The third-order valence-corrected chi connectivity index (χ3v) is 9.75. The van der Waals surface area contributed by atoms with Gasteiger partial charge in [0.2, 0.25) is 5.91 Å². The van der Waals surface area contributed by atoms with Crippen molar-refractivity contribution in [3.05, 3.63) is 120 Å². The number of halogens is 7. The molecular formula is C39H38BrF6N3O5. The van der Waals surface area contributed by atoms with Crippen molar-refractivity contribution in [2.75, 3.05) is 26.2 Å². The number of aromatic nitrogens is 1. The lowest BCUT2D eigenvalue weighted by Crippen LogP contribution is -2.49. The molecule has 4 aromatic rings. The number of carbonyl (C=O) groups is 2. The number of alkyl halides is 4. The SMILES string of the molecule is CCOC(=O)C[C@H](NC(=O)C(c1cc(Br)ccc1F)n1cc(CCN2CC(F)C2)c(C(F)(F)F)cc1=O)c1cc(-c2c(C)cc(C)cc2O)cc(C)c1F. The highest BCUT2D eigenvalue weighted by Crippen LogP contribution is 2.38. The highest BCUT2D eigenvalue weighted by molar-refractivity contribution is 9.10. The lowest BCUT2D eigenvalue weighted by Gasteiger charge is -2.34. The second-order valence-electron chi connectivity index (χ2n) is 13.4. The molecule has 3 aromatic carbocycles. The monoisotopic (exact) mass is 821 g/mol. The average Bonchev–Trinajstić information content (AvgIpc) is 3.05. The summed E-state index contributed by atoms with van der Waals surface area (Å²) in [6.07, 6.45) is -6.18. The number of aryl methyl sites for hydroxylation is 3. The standard InChI is InChI=1S/C39H38BrF6N3O5/c1-5-54-34(52)16-31(28-13-24(12-22(4)36(28)43)35-21(3)10-20(2)11-32(35)50)47-38(53)37(27-14-25(40)6-7-30(27)42)49-17-23(8-9-48-18-26(41)19-48)29(15-33(49)51)39(44,45)46/h6-7,10-15,17,26,31,37,50H,5,8-9,16,18-19H2,1-4H3,(H,47,53)/t31-,37?/m0/s1. The lowest BCUT2D eigenvalue weighted by atomic mass is 9.91. The highest BCUT2D eigenvalue weighted by atomic mass is 79.9. The minimum atomic E-state index is -4.97. The Morgan fingerprint density at radius 2 is 1.72 bits per heavy atom. The number of nitrogens with one attached hydrogen (secondary N) is 1. The van der Waals surface area contributed by atoms with Crippen LogP contribution >= 0.6 is 15.9 Å². The maximum absolute atomic E-state index is 16.1. The van der Waals surface area contributed by atoms with E-state index in [9.17, 15) is 37.1 Å². The number of pyridine rings is 1. The van der Waals surface area contributed by atoms with Crippen LogP contribution in [0.1, 0.15) is 64.4 Å². The Morgan fingerprint density at radius 3 is 2.35 bits per heavy atom. The van der Waals surface area contributed by atoms with Gasteiger partial charge in [0.15, 0.2) is 0 Å². The van der Waals surface area contributed by atoms with E-state index in [2.05, 4.69) is 21.2 Å². The summed E-state index contributed by atoms with van der Waals surface area (Å²) in [4.78, 5) is 42.5. The van der Waals surface area contributed by atoms with Gasteiger partial charge in [0.1, 0.15) is 29.6 Å². The molecular weight excluding hydrogens is 784 g/mol. The van der Waals surface area contributed by atoms with Crippen molar-refractivity contribution >= 4 is 27.8 Å². The molecule has 1 amide bonds. The minimum absolute atomic E-state index is 0.0103. The van der Waals surface area contributed by atoms with Crippen molar-refractivity contribution in [2.24, 2.45) is 0 Å². The van der Waals surface area contributed by atoms with Crippen LogP contribution in [0.25, 0.3) is 11.1 Å². The first-order valence-electron chi connectivity index (χ1n) is 17.1. The van der Waals surface area contributed by atoms with Gasteiger partial charge in [-0.15, -0.1) is 0 Å². The Bertz CT molecular complexity index is 2110. The predicted octanol–water partition coefficient (Wildman–Crippen LogP) is 7.80. The van der Waals surface area contributed by atoms with Crippen LogP contribution in [0.5, 0.6) is 5.75 Å². The maximum Gasteiger partial charge on any atom is 0.416 e. The van der Waals surface area contributed by atoms with E-state index in [1.54, 1.807) is 31.7 Å². The van der Waals surface area contributed by atoms with Gasteiger partial charge in [-0.05, 0) is 98.3 Å². The molecule has 1 aliphatic heterocycles. The zero-order valence-corrected chi connectivity index (χ0v) is 31.4. The first-order chi connectivity index (χ1) is 25.4. The van der Waals surface area contributed by atoms with Gasteiger partial charge in [-0.3, -0.25) is 23.9 Å². The van der Waals surface area contributed by atoms with Crippen LogP contribution in [0.2, 0.25) is 0 Å². The van der Waals surface area contributed by atoms with Gasteiger partial charge in [-0.25, -0.2) is 13.2 Å². The maximum atomic E-state index is 16.1. The molecule has 15 heteroatoms. The van der Waals surface area contributed by atoms with Gasteiger partial charge in [0, 0.05) is 53.1 Å². The molecule has 1 aromatic heterocycles. The minimum Gasteiger partial charge on any atom is -0.507 e. The number of benzene rings is 3. The van der Waals surface area contributed by atoms with Gasteiger partial charge in [-0.1, -0.05) is 22.0 Å². The van der Waals surface area contributed by atoms with Crippen LogP contribution in [0.3, 0.4) is 0 Å². The molecule has 2 heterocycles. The van der Waals surface area contributed by atoms with Crippen LogP contribution in [-0.4, -0.2) is 58.9 Å². The summed E-state index contributed by atoms with van der Waals surface area (Å²) in [5, 5.41) is 13.4. The number of ether oxygens (including phenoxy) is 1.